The van der Waals surface area contributed by atoms with Crippen LogP contribution >= 0.6 is 34.2 Å². The highest BCUT2D eigenvalue weighted by molar-refractivity contribution is 14.1. The first-order valence-electron chi connectivity index (χ1n) is 3.81. The Morgan fingerprint density at radius 3 is 2.75 bits per heavy atom. The molecule has 0 fully saturated rings. The second-order valence-electron chi connectivity index (χ2n) is 2.45. The van der Waals surface area contributed by atoms with Gasteiger partial charge in [0.05, 0.1) is 6.61 Å². The van der Waals surface area contributed by atoms with E-state index in [2.05, 4.69) is 29.5 Å². The molecule has 1 aromatic carbocycles. The van der Waals surface area contributed by atoms with Gasteiger partial charge in [0, 0.05) is 8.59 Å². The molecule has 0 aliphatic carbocycles. The Bertz CT molecular complexity index is 242. The third kappa shape index (κ3) is 3.19. The zero-order valence-electron chi connectivity index (χ0n) is 6.81. The van der Waals surface area contributed by atoms with Crippen molar-refractivity contribution in [1.29, 1.82) is 0 Å². The van der Waals surface area contributed by atoms with Crippen LogP contribution in [0.2, 0.25) is 5.02 Å². The van der Waals surface area contributed by atoms with E-state index in [0.29, 0.717) is 0 Å². The van der Waals surface area contributed by atoms with Crippen molar-refractivity contribution in [2.75, 3.05) is 6.61 Å². The number of hydrogen-bond acceptors (Lipinski definition) is 1. The maximum absolute atomic E-state index is 5.84. The van der Waals surface area contributed by atoms with Gasteiger partial charge >= 0.3 is 0 Å². The lowest BCUT2D eigenvalue weighted by atomic mass is 10.3. The molecule has 0 atom stereocenters. The maximum atomic E-state index is 5.84. The lowest BCUT2D eigenvalue weighted by Crippen LogP contribution is -1.94. The molecule has 0 N–H and O–H groups in total. The fourth-order valence-corrected chi connectivity index (χ4v) is 1.88. The third-order valence-corrected chi connectivity index (χ3v) is 2.15. The van der Waals surface area contributed by atoms with Crippen LogP contribution in [0.3, 0.4) is 0 Å². The van der Waals surface area contributed by atoms with Gasteiger partial charge in [-0.1, -0.05) is 18.5 Å². The van der Waals surface area contributed by atoms with Crippen LogP contribution in [0.4, 0.5) is 0 Å². The molecular weight excluding hydrogens is 286 g/mol. The van der Waals surface area contributed by atoms with Crippen LogP contribution in [-0.4, -0.2) is 6.61 Å². The van der Waals surface area contributed by atoms with Gasteiger partial charge in [-0.05, 0) is 47.2 Å². The summed E-state index contributed by atoms with van der Waals surface area (Å²) in [6.07, 6.45) is 1.02. The molecule has 1 nitrogen and oxygen atoms in total. The van der Waals surface area contributed by atoms with Crippen LogP contribution in [0.25, 0.3) is 0 Å². The van der Waals surface area contributed by atoms with E-state index in [0.717, 1.165) is 27.4 Å². The van der Waals surface area contributed by atoms with Gasteiger partial charge in [0.2, 0.25) is 0 Å². The lowest BCUT2D eigenvalue weighted by molar-refractivity contribution is 0.317. The van der Waals surface area contributed by atoms with E-state index in [9.17, 15) is 0 Å². The van der Waals surface area contributed by atoms with Gasteiger partial charge in [0.25, 0.3) is 0 Å². The minimum absolute atomic E-state index is 0.730. The fraction of sp³-hybridized carbons (Fsp3) is 0.333. The van der Waals surface area contributed by atoms with Crippen molar-refractivity contribution < 1.29 is 4.74 Å². The van der Waals surface area contributed by atoms with Gasteiger partial charge in [-0.3, -0.25) is 0 Å². The SMILES string of the molecule is CCCOc1cc(Cl)cc(I)c1. The average molecular weight is 297 g/mol. The predicted molar refractivity (Wildman–Crippen MR) is 60.0 cm³/mol. The molecule has 0 bridgehead atoms. The molecule has 0 aromatic heterocycles. The Kier molecular flexibility index (Phi) is 4.15. The Labute approximate surface area is 91.2 Å². The van der Waals surface area contributed by atoms with E-state index in [1.165, 1.54) is 0 Å². The molecule has 0 unspecified atom stereocenters. The predicted octanol–water partition coefficient (Wildman–Crippen LogP) is 3.73. The monoisotopic (exact) mass is 296 g/mol. The minimum atomic E-state index is 0.730. The fourth-order valence-electron chi connectivity index (χ4n) is 0.832. The first-order valence-corrected chi connectivity index (χ1v) is 5.27. The van der Waals surface area contributed by atoms with E-state index in [1.807, 2.05) is 18.2 Å². The summed E-state index contributed by atoms with van der Waals surface area (Å²) in [7, 11) is 0. The van der Waals surface area contributed by atoms with Gasteiger partial charge in [0.15, 0.2) is 0 Å². The molecule has 1 rings (SSSR count). The number of rotatable bonds is 3. The molecule has 0 aliphatic rings. The second kappa shape index (κ2) is 4.92. The quantitative estimate of drug-likeness (QED) is 0.772. The zero-order valence-corrected chi connectivity index (χ0v) is 9.72. The number of ether oxygens (including phenoxy) is 1. The van der Waals surface area contributed by atoms with E-state index < -0.39 is 0 Å². The molecule has 0 amide bonds. The van der Waals surface area contributed by atoms with E-state index in [-0.39, 0.29) is 0 Å². The first kappa shape index (κ1) is 10.1. The van der Waals surface area contributed by atoms with Gasteiger partial charge < -0.3 is 4.74 Å². The summed E-state index contributed by atoms with van der Waals surface area (Å²) in [5.74, 6) is 0.855. The zero-order chi connectivity index (χ0) is 8.97. The molecule has 66 valence electrons. The van der Waals surface area contributed by atoms with Crippen molar-refractivity contribution in [2.24, 2.45) is 0 Å². The third-order valence-electron chi connectivity index (χ3n) is 1.31. The summed E-state index contributed by atoms with van der Waals surface area (Å²) in [5.41, 5.74) is 0. The van der Waals surface area contributed by atoms with E-state index >= 15 is 0 Å². The number of benzene rings is 1. The number of hydrogen-bond donors (Lipinski definition) is 0. The van der Waals surface area contributed by atoms with Gasteiger partial charge in [0.1, 0.15) is 5.75 Å². The Hall–Kier alpha value is 0.0400. The Morgan fingerprint density at radius 1 is 1.42 bits per heavy atom. The van der Waals surface area contributed by atoms with Crippen LogP contribution in [0.15, 0.2) is 18.2 Å². The summed E-state index contributed by atoms with van der Waals surface area (Å²) in [6.45, 7) is 2.83. The summed E-state index contributed by atoms with van der Waals surface area (Å²) >= 11 is 8.06. The summed E-state index contributed by atoms with van der Waals surface area (Å²) in [4.78, 5) is 0. The van der Waals surface area contributed by atoms with Gasteiger partial charge in [-0.2, -0.15) is 0 Å². The van der Waals surface area contributed by atoms with Crippen LogP contribution < -0.4 is 4.74 Å². The molecule has 0 aliphatic heterocycles. The summed E-state index contributed by atoms with van der Waals surface area (Å²) in [6, 6.07) is 5.71. The van der Waals surface area contributed by atoms with E-state index in [1.54, 1.807) is 0 Å². The number of halogens is 2. The second-order valence-corrected chi connectivity index (χ2v) is 4.14. The Morgan fingerprint density at radius 2 is 2.17 bits per heavy atom. The van der Waals surface area contributed by atoms with Crippen LogP contribution in [0.1, 0.15) is 13.3 Å². The first-order chi connectivity index (χ1) is 5.72. The molecule has 0 spiro atoms. The lowest BCUT2D eigenvalue weighted by Gasteiger charge is -2.04. The van der Waals surface area contributed by atoms with Crippen molar-refractivity contribution in [3.05, 3.63) is 26.8 Å². The average Bonchev–Trinajstić information content (AvgIpc) is 1.99. The normalized spacial score (nSPS) is 9.92. The molecule has 3 heteroatoms. The molecule has 12 heavy (non-hydrogen) atoms. The van der Waals surface area contributed by atoms with E-state index in [4.69, 9.17) is 16.3 Å². The van der Waals surface area contributed by atoms with Crippen molar-refractivity contribution >= 4 is 34.2 Å². The van der Waals surface area contributed by atoms with Crippen LogP contribution in [-0.2, 0) is 0 Å². The highest BCUT2D eigenvalue weighted by Gasteiger charge is 1.97. The van der Waals surface area contributed by atoms with Crippen molar-refractivity contribution in [3.63, 3.8) is 0 Å². The largest absolute Gasteiger partial charge is 0.494 e. The smallest absolute Gasteiger partial charge is 0.121 e. The molecule has 0 saturated carbocycles. The van der Waals surface area contributed by atoms with Crippen molar-refractivity contribution in [2.45, 2.75) is 13.3 Å². The molecule has 0 saturated heterocycles. The summed E-state index contributed by atoms with van der Waals surface area (Å²) in [5, 5.41) is 0.730. The molecule has 1 aromatic rings. The van der Waals surface area contributed by atoms with Crippen LogP contribution in [0, 0.1) is 3.57 Å². The summed E-state index contributed by atoms with van der Waals surface area (Å²) < 4.78 is 6.53. The highest BCUT2D eigenvalue weighted by atomic mass is 127. The van der Waals surface area contributed by atoms with Crippen molar-refractivity contribution in [3.8, 4) is 5.75 Å². The Balaban J connectivity index is 2.72. The van der Waals surface area contributed by atoms with Crippen molar-refractivity contribution in [1.82, 2.24) is 0 Å². The molecule has 0 radical (unpaired) electrons. The molecule has 0 heterocycles. The van der Waals surface area contributed by atoms with Gasteiger partial charge in [-0.25, -0.2) is 0 Å². The molecular formula is C9H10ClIO. The topological polar surface area (TPSA) is 9.23 Å². The highest BCUT2D eigenvalue weighted by Crippen LogP contribution is 2.22. The standard InChI is InChI=1S/C9H10ClIO/c1-2-3-12-9-5-7(10)4-8(11)6-9/h4-6H,2-3H2,1H3. The minimum Gasteiger partial charge on any atom is -0.494 e. The van der Waals surface area contributed by atoms with Crippen LogP contribution in [0.5, 0.6) is 5.75 Å². The van der Waals surface area contributed by atoms with Gasteiger partial charge in [-0.15, -0.1) is 0 Å². The maximum Gasteiger partial charge on any atom is 0.121 e.